The van der Waals surface area contributed by atoms with Gasteiger partial charge in [-0.3, -0.25) is 9.59 Å². The number of ketones is 1. The fraction of sp³-hybridized carbons (Fsp3) is 0.938. The van der Waals surface area contributed by atoms with Crippen LogP contribution in [0.3, 0.4) is 0 Å². The minimum atomic E-state index is -1.61. The van der Waals surface area contributed by atoms with Gasteiger partial charge in [0, 0.05) is 37.8 Å². The zero-order valence-electron chi connectivity index (χ0n) is 28.8. The monoisotopic (exact) mass is 633 g/mol. The molecular weight excluding hydrogens is 574 g/mol. The van der Waals surface area contributed by atoms with Gasteiger partial charge in [-0.2, -0.15) is 0 Å². The Bertz CT molecular complexity index is 932. The fourth-order valence-electron chi connectivity index (χ4n) is 6.79. The van der Waals surface area contributed by atoms with Crippen molar-refractivity contribution in [1.82, 2.24) is 4.90 Å². The van der Waals surface area contributed by atoms with E-state index >= 15 is 0 Å². The molecule has 14 atom stereocenters. The first-order valence-electron chi connectivity index (χ1n) is 15.9. The molecule has 258 valence electrons. The second-order valence-corrected chi connectivity index (χ2v) is 13.6. The van der Waals surface area contributed by atoms with Crippen molar-refractivity contribution in [1.29, 1.82) is 0 Å². The lowest BCUT2D eigenvalue weighted by atomic mass is 9.77. The van der Waals surface area contributed by atoms with Gasteiger partial charge >= 0.3 is 5.97 Å². The third kappa shape index (κ3) is 9.19. The van der Waals surface area contributed by atoms with Crippen LogP contribution < -0.4 is 0 Å². The molecule has 2 heterocycles. The molecule has 3 N–H and O–H groups in total. The SMILES string of the molecule is CCC(=O)[C@H](C)C[C@@](C)(O)[C@H](O[C@@H]1O[C@H](C)C[C@H](N(C)C)[C@H]1O)[C@@H](C)[C@H](O[C@H]1C[C@@](C)(OC)[C@@H](O)[C@H](C)O1)[C@@H](C)C(=O)OC. The van der Waals surface area contributed by atoms with E-state index < -0.39 is 78.0 Å². The molecule has 0 aliphatic carbocycles. The number of nitrogens with zero attached hydrogens (tertiary/aromatic N) is 1. The number of aliphatic hydroxyl groups is 3. The number of aliphatic hydroxyl groups excluding tert-OH is 2. The van der Waals surface area contributed by atoms with Gasteiger partial charge in [0.1, 0.15) is 18.0 Å². The molecule has 2 rings (SSSR count). The van der Waals surface area contributed by atoms with Gasteiger partial charge in [0.15, 0.2) is 12.6 Å². The summed E-state index contributed by atoms with van der Waals surface area (Å²) in [7, 11) is 6.53. The van der Waals surface area contributed by atoms with Crippen molar-refractivity contribution in [2.75, 3.05) is 28.3 Å². The molecule has 12 nitrogen and oxygen atoms in total. The highest BCUT2D eigenvalue weighted by Gasteiger charge is 2.51. The summed E-state index contributed by atoms with van der Waals surface area (Å²) in [5.74, 6) is -2.58. The van der Waals surface area contributed by atoms with Crippen molar-refractivity contribution in [2.24, 2.45) is 17.8 Å². The Morgan fingerprint density at radius 3 is 2.23 bits per heavy atom. The minimum Gasteiger partial charge on any atom is -0.469 e. The number of methoxy groups -OCH3 is 2. The predicted octanol–water partition coefficient (Wildman–Crippen LogP) is 2.29. The highest BCUT2D eigenvalue weighted by atomic mass is 16.7. The van der Waals surface area contributed by atoms with Gasteiger partial charge in [-0.05, 0) is 61.6 Å². The van der Waals surface area contributed by atoms with Gasteiger partial charge < -0.3 is 48.6 Å². The number of carbonyl (C=O) groups is 2. The number of carbonyl (C=O) groups excluding carboxylic acids is 2. The summed E-state index contributed by atoms with van der Waals surface area (Å²) in [6.45, 7) is 13.9. The summed E-state index contributed by atoms with van der Waals surface area (Å²) in [4.78, 5) is 27.5. The minimum absolute atomic E-state index is 0.00958. The van der Waals surface area contributed by atoms with Crippen molar-refractivity contribution in [2.45, 2.75) is 148 Å². The van der Waals surface area contributed by atoms with Gasteiger partial charge in [0.05, 0.1) is 48.6 Å². The van der Waals surface area contributed by atoms with Crippen LogP contribution >= 0.6 is 0 Å². The standard InChI is InChI=1S/C32H59NO11/c1-13-23(34)17(2)15-31(7,38)28(44-30-25(35)22(33(9)10)14-18(3)41-30)19(4)26(20(5)29(37)39-11)43-24-16-32(8,40-12)27(36)21(6)42-24/h17-22,24-28,30,35-36,38H,13-16H2,1-12H3/t17-,18-,19+,20-,21+,22+,24+,25-,26+,27+,28-,30+,31-,32-/m1/s1. The van der Waals surface area contributed by atoms with E-state index in [1.54, 1.807) is 48.5 Å². The Labute approximate surface area is 263 Å². The molecule has 2 fully saturated rings. The number of ether oxygens (including phenoxy) is 6. The number of rotatable bonds is 15. The van der Waals surface area contributed by atoms with Crippen molar-refractivity contribution in [3.05, 3.63) is 0 Å². The van der Waals surface area contributed by atoms with E-state index in [1.807, 2.05) is 25.9 Å². The van der Waals surface area contributed by atoms with Crippen molar-refractivity contribution in [3.8, 4) is 0 Å². The normalized spacial score (nSPS) is 36.1. The van der Waals surface area contributed by atoms with Crippen molar-refractivity contribution in [3.63, 3.8) is 0 Å². The molecule has 0 aromatic carbocycles. The lowest BCUT2D eigenvalue weighted by molar-refractivity contribution is -0.317. The first kappa shape index (κ1) is 39.0. The number of Topliss-reactive ketones (excluding diaryl/α,β-unsaturated/α-hetero) is 1. The number of hydrogen-bond acceptors (Lipinski definition) is 12. The van der Waals surface area contributed by atoms with Crippen LogP contribution in [0.4, 0.5) is 0 Å². The highest BCUT2D eigenvalue weighted by Crippen LogP contribution is 2.39. The second-order valence-electron chi connectivity index (χ2n) is 13.6. The van der Waals surface area contributed by atoms with Gasteiger partial charge in [-0.25, -0.2) is 0 Å². The Balaban J connectivity index is 2.55. The molecule has 0 radical (unpaired) electrons. The second kappa shape index (κ2) is 16.1. The molecule has 0 bridgehead atoms. The first-order chi connectivity index (χ1) is 20.3. The topological polar surface area (TPSA) is 153 Å². The van der Waals surface area contributed by atoms with Gasteiger partial charge in [0.25, 0.3) is 0 Å². The van der Waals surface area contributed by atoms with E-state index in [4.69, 9.17) is 28.4 Å². The largest absolute Gasteiger partial charge is 0.469 e. The number of likely N-dealkylation sites (N-methyl/N-ethyl adjacent to an activating group) is 1. The molecule has 12 heteroatoms. The van der Waals surface area contributed by atoms with Crippen molar-refractivity contribution >= 4 is 11.8 Å². The lowest BCUT2D eigenvalue weighted by Gasteiger charge is -2.48. The van der Waals surface area contributed by atoms with Crippen molar-refractivity contribution < 1.29 is 53.3 Å². The summed E-state index contributed by atoms with van der Waals surface area (Å²) in [6, 6.07) is -0.262. The zero-order chi connectivity index (χ0) is 33.7. The predicted molar refractivity (Wildman–Crippen MR) is 163 cm³/mol. The Morgan fingerprint density at radius 1 is 1.09 bits per heavy atom. The molecule has 0 spiro atoms. The smallest absolute Gasteiger partial charge is 0.311 e. The van der Waals surface area contributed by atoms with Crippen LogP contribution in [0.15, 0.2) is 0 Å². The first-order valence-corrected chi connectivity index (χ1v) is 15.9. The van der Waals surface area contributed by atoms with Gasteiger partial charge in [-0.15, -0.1) is 0 Å². The van der Waals surface area contributed by atoms with Gasteiger partial charge in [-0.1, -0.05) is 20.8 Å². The lowest BCUT2D eigenvalue weighted by Crippen LogP contribution is -2.60. The summed E-state index contributed by atoms with van der Waals surface area (Å²) in [5, 5.41) is 34.1. The van der Waals surface area contributed by atoms with Crippen LogP contribution in [-0.2, 0) is 38.0 Å². The highest BCUT2D eigenvalue weighted by molar-refractivity contribution is 5.80. The summed E-state index contributed by atoms with van der Waals surface area (Å²) < 4.78 is 35.9. The fourth-order valence-corrected chi connectivity index (χ4v) is 6.79. The maximum Gasteiger partial charge on any atom is 0.311 e. The van der Waals surface area contributed by atoms with Crippen LogP contribution in [0.5, 0.6) is 0 Å². The molecular formula is C32H59NO11. The quantitative estimate of drug-likeness (QED) is 0.227. The van der Waals surface area contributed by atoms with Crippen LogP contribution in [0.1, 0.15) is 81.1 Å². The molecule has 0 amide bonds. The Morgan fingerprint density at radius 2 is 1.70 bits per heavy atom. The maximum absolute atomic E-state index is 13.0. The van der Waals surface area contributed by atoms with E-state index in [0.29, 0.717) is 12.8 Å². The molecule has 0 unspecified atom stereocenters. The molecule has 2 aliphatic heterocycles. The molecule has 0 aromatic heterocycles. The molecule has 0 aromatic rings. The third-order valence-corrected chi connectivity index (χ3v) is 9.63. The number of esters is 1. The van der Waals surface area contributed by atoms with E-state index in [9.17, 15) is 24.9 Å². The number of hydrogen-bond donors (Lipinski definition) is 3. The Kier molecular flexibility index (Phi) is 14.2. The summed E-state index contributed by atoms with van der Waals surface area (Å²) in [5.41, 5.74) is -2.59. The molecule has 2 saturated heterocycles. The van der Waals surface area contributed by atoms with E-state index in [1.165, 1.54) is 14.2 Å². The molecule has 2 aliphatic rings. The third-order valence-electron chi connectivity index (χ3n) is 9.63. The summed E-state index contributed by atoms with van der Waals surface area (Å²) >= 11 is 0. The van der Waals surface area contributed by atoms with Crippen LogP contribution in [0, 0.1) is 17.8 Å². The average Bonchev–Trinajstić information content (AvgIpc) is 2.96. The molecule has 44 heavy (non-hydrogen) atoms. The maximum atomic E-state index is 13.0. The van der Waals surface area contributed by atoms with Crippen LogP contribution in [-0.4, -0.2) is 127 Å². The van der Waals surface area contributed by atoms with Gasteiger partial charge in [0.2, 0.25) is 0 Å². The molecule has 0 saturated carbocycles. The van der Waals surface area contributed by atoms with E-state index in [2.05, 4.69) is 0 Å². The van der Waals surface area contributed by atoms with E-state index in [-0.39, 0.29) is 30.8 Å². The summed E-state index contributed by atoms with van der Waals surface area (Å²) in [6.07, 6.45) is -5.66. The van der Waals surface area contributed by atoms with Crippen LogP contribution in [0.2, 0.25) is 0 Å². The van der Waals surface area contributed by atoms with Crippen LogP contribution in [0.25, 0.3) is 0 Å². The van der Waals surface area contributed by atoms with E-state index in [0.717, 1.165) is 0 Å². The average molecular weight is 634 g/mol. The zero-order valence-corrected chi connectivity index (χ0v) is 28.8. The Hall–Kier alpha value is -1.22.